The second-order valence-corrected chi connectivity index (χ2v) is 6.48. The number of benzene rings is 2. The second kappa shape index (κ2) is 8.50. The first-order chi connectivity index (χ1) is 12.7. The Morgan fingerprint density at radius 3 is 2.48 bits per heavy atom. The van der Waals surface area contributed by atoms with Crippen molar-refractivity contribution in [1.82, 2.24) is 4.90 Å². The van der Waals surface area contributed by atoms with E-state index in [-0.39, 0.29) is 18.1 Å². The summed E-state index contributed by atoms with van der Waals surface area (Å²) in [5, 5.41) is 16.8. The standard InChI is InChI=1S/C18H19ClN4O4/c1-11-4-6-13(23(26)27)9-15(11)21-17(24)10-20-16-8-12(19)5-7-14(16)18(25)22(2)3/h4-9,20H,10H2,1-3H3,(H,21,24). The zero-order chi connectivity index (χ0) is 20.1. The Morgan fingerprint density at radius 2 is 1.85 bits per heavy atom. The Morgan fingerprint density at radius 1 is 1.15 bits per heavy atom. The topological polar surface area (TPSA) is 105 Å². The van der Waals surface area contributed by atoms with E-state index in [2.05, 4.69) is 10.6 Å². The second-order valence-electron chi connectivity index (χ2n) is 6.05. The zero-order valence-corrected chi connectivity index (χ0v) is 15.8. The quantitative estimate of drug-likeness (QED) is 0.581. The smallest absolute Gasteiger partial charge is 0.271 e. The number of nitrogens with zero attached hydrogens (tertiary/aromatic N) is 2. The minimum Gasteiger partial charge on any atom is -0.375 e. The Bertz CT molecular complexity index is 899. The maximum Gasteiger partial charge on any atom is 0.271 e. The molecule has 0 aliphatic rings. The highest BCUT2D eigenvalue weighted by atomic mass is 35.5. The van der Waals surface area contributed by atoms with E-state index in [0.29, 0.717) is 27.5 Å². The van der Waals surface area contributed by atoms with Crippen LogP contribution in [0.25, 0.3) is 0 Å². The number of anilines is 2. The average molecular weight is 391 g/mol. The van der Waals surface area contributed by atoms with Crippen molar-refractivity contribution >= 4 is 40.5 Å². The van der Waals surface area contributed by atoms with E-state index < -0.39 is 10.8 Å². The van der Waals surface area contributed by atoms with Gasteiger partial charge in [0.2, 0.25) is 5.91 Å². The number of nitro groups is 1. The van der Waals surface area contributed by atoms with Crippen molar-refractivity contribution in [1.29, 1.82) is 0 Å². The normalized spacial score (nSPS) is 10.2. The maximum absolute atomic E-state index is 12.2. The summed E-state index contributed by atoms with van der Waals surface area (Å²) in [5.41, 5.74) is 1.74. The summed E-state index contributed by atoms with van der Waals surface area (Å²) in [4.78, 5) is 36.3. The number of hydrogen-bond acceptors (Lipinski definition) is 5. The summed E-state index contributed by atoms with van der Waals surface area (Å²) in [5.74, 6) is -0.647. The van der Waals surface area contributed by atoms with Crippen molar-refractivity contribution < 1.29 is 14.5 Å². The molecule has 0 fully saturated rings. The van der Waals surface area contributed by atoms with Crippen LogP contribution in [-0.4, -0.2) is 42.3 Å². The lowest BCUT2D eigenvalue weighted by Crippen LogP contribution is -2.26. The first-order valence-electron chi connectivity index (χ1n) is 7.99. The summed E-state index contributed by atoms with van der Waals surface area (Å²) in [6, 6.07) is 8.96. The van der Waals surface area contributed by atoms with Gasteiger partial charge in [-0.2, -0.15) is 0 Å². The molecule has 2 N–H and O–H groups in total. The van der Waals surface area contributed by atoms with Crippen molar-refractivity contribution in [2.45, 2.75) is 6.92 Å². The van der Waals surface area contributed by atoms with Crippen LogP contribution in [0.1, 0.15) is 15.9 Å². The van der Waals surface area contributed by atoms with Gasteiger partial charge in [-0.25, -0.2) is 0 Å². The molecule has 0 aliphatic heterocycles. The van der Waals surface area contributed by atoms with Crippen molar-refractivity contribution in [2.75, 3.05) is 31.3 Å². The van der Waals surface area contributed by atoms with Gasteiger partial charge in [-0.1, -0.05) is 17.7 Å². The number of non-ortho nitro benzene ring substituents is 1. The fourth-order valence-electron chi connectivity index (χ4n) is 2.32. The van der Waals surface area contributed by atoms with Gasteiger partial charge < -0.3 is 15.5 Å². The lowest BCUT2D eigenvalue weighted by Gasteiger charge is -2.16. The number of rotatable bonds is 6. The Labute approximate surface area is 161 Å². The first kappa shape index (κ1) is 20.2. The van der Waals surface area contributed by atoms with Crippen LogP contribution in [-0.2, 0) is 4.79 Å². The van der Waals surface area contributed by atoms with Crippen molar-refractivity contribution in [2.24, 2.45) is 0 Å². The van der Waals surface area contributed by atoms with E-state index in [9.17, 15) is 19.7 Å². The average Bonchev–Trinajstić information content (AvgIpc) is 2.61. The van der Waals surface area contributed by atoms with E-state index in [1.165, 1.54) is 17.0 Å². The highest BCUT2D eigenvalue weighted by Crippen LogP contribution is 2.23. The summed E-state index contributed by atoms with van der Waals surface area (Å²) >= 11 is 5.98. The molecule has 0 spiro atoms. The third-order valence-corrected chi connectivity index (χ3v) is 4.00. The molecule has 0 bridgehead atoms. The molecule has 2 rings (SSSR count). The molecule has 0 heterocycles. The van der Waals surface area contributed by atoms with Gasteiger partial charge in [-0.3, -0.25) is 19.7 Å². The molecule has 2 aromatic rings. The summed E-state index contributed by atoms with van der Waals surface area (Å²) in [6.45, 7) is 1.59. The van der Waals surface area contributed by atoms with Crippen LogP contribution in [0.3, 0.4) is 0 Å². The molecule has 0 aliphatic carbocycles. The number of aryl methyl sites for hydroxylation is 1. The molecule has 142 valence electrons. The Hall–Kier alpha value is -3.13. The molecule has 9 heteroatoms. The van der Waals surface area contributed by atoms with Crippen LogP contribution in [0, 0.1) is 17.0 Å². The number of halogens is 1. The SMILES string of the molecule is Cc1ccc([N+](=O)[O-])cc1NC(=O)CNc1cc(Cl)ccc1C(=O)N(C)C. The van der Waals surface area contributed by atoms with Gasteiger partial charge >= 0.3 is 0 Å². The fourth-order valence-corrected chi connectivity index (χ4v) is 2.49. The van der Waals surface area contributed by atoms with E-state index in [1.807, 2.05) is 0 Å². The molecular formula is C18H19ClN4O4. The van der Waals surface area contributed by atoms with Crippen molar-refractivity contribution in [3.05, 3.63) is 62.7 Å². The van der Waals surface area contributed by atoms with Gasteiger partial charge in [0.25, 0.3) is 11.6 Å². The van der Waals surface area contributed by atoms with Gasteiger partial charge in [0.15, 0.2) is 0 Å². The van der Waals surface area contributed by atoms with Crippen LogP contribution in [0.2, 0.25) is 5.02 Å². The van der Waals surface area contributed by atoms with Gasteiger partial charge in [0.05, 0.1) is 22.7 Å². The predicted octanol–water partition coefficient (Wildman–Crippen LogP) is 3.31. The third kappa shape index (κ3) is 5.18. The zero-order valence-electron chi connectivity index (χ0n) is 15.1. The van der Waals surface area contributed by atoms with E-state index >= 15 is 0 Å². The number of hydrogen-bond donors (Lipinski definition) is 2. The maximum atomic E-state index is 12.2. The van der Waals surface area contributed by atoms with Gasteiger partial charge in [-0.05, 0) is 30.7 Å². The molecule has 0 saturated carbocycles. The number of nitrogens with one attached hydrogen (secondary N) is 2. The highest BCUT2D eigenvalue weighted by molar-refractivity contribution is 6.31. The Kier molecular flexibility index (Phi) is 6.36. The highest BCUT2D eigenvalue weighted by Gasteiger charge is 2.15. The molecule has 0 unspecified atom stereocenters. The summed E-state index contributed by atoms with van der Waals surface area (Å²) < 4.78 is 0. The van der Waals surface area contributed by atoms with Crippen LogP contribution in [0.15, 0.2) is 36.4 Å². The summed E-state index contributed by atoms with van der Waals surface area (Å²) in [6.07, 6.45) is 0. The van der Waals surface area contributed by atoms with Crippen molar-refractivity contribution in [3.8, 4) is 0 Å². The van der Waals surface area contributed by atoms with Crippen molar-refractivity contribution in [3.63, 3.8) is 0 Å². The molecule has 2 aromatic carbocycles. The minimum absolute atomic E-state index is 0.113. The van der Waals surface area contributed by atoms with Crippen LogP contribution >= 0.6 is 11.6 Å². The minimum atomic E-state index is -0.529. The molecular weight excluding hydrogens is 372 g/mol. The first-order valence-corrected chi connectivity index (χ1v) is 8.37. The number of carbonyl (C=O) groups is 2. The molecule has 0 saturated heterocycles. The molecule has 27 heavy (non-hydrogen) atoms. The molecule has 8 nitrogen and oxygen atoms in total. The van der Waals surface area contributed by atoms with Gasteiger partial charge in [0.1, 0.15) is 0 Å². The summed E-state index contributed by atoms with van der Waals surface area (Å²) in [7, 11) is 3.25. The predicted molar refractivity (Wildman–Crippen MR) is 104 cm³/mol. The monoisotopic (exact) mass is 390 g/mol. The number of carbonyl (C=O) groups excluding carboxylic acids is 2. The molecule has 2 amide bonds. The van der Waals surface area contributed by atoms with Gasteiger partial charge in [-0.15, -0.1) is 0 Å². The van der Waals surface area contributed by atoms with E-state index in [1.54, 1.807) is 45.3 Å². The lowest BCUT2D eigenvalue weighted by atomic mass is 10.1. The molecule has 0 atom stereocenters. The Balaban J connectivity index is 2.13. The van der Waals surface area contributed by atoms with E-state index in [4.69, 9.17) is 11.6 Å². The van der Waals surface area contributed by atoms with E-state index in [0.717, 1.165) is 0 Å². The number of amides is 2. The lowest BCUT2D eigenvalue weighted by molar-refractivity contribution is -0.384. The number of nitro benzene ring substituents is 1. The van der Waals surface area contributed by atoms with Crippen LogP contribution < -0.4 is 10.6 Å². The molecule has 0 radical (unpaired) electrons. The fraction of sp³-hybridized carbons (Fsp3) is 0.222. The van der Waals surface area contributed by atoms with Crippen LogP contribution in [0.4, 0.5) is 17.1 Å². The largest absolute Gasteiger partial charge is 0.375 e. The van der Waals surface area contributed by atoms with Gasteiger partial charge in [0, 0.05) is 36.9 Å². The van der Waals surface area contributed by atoms with Crippen LogP contribution in [0.5, 0.6) is 0 Å². The third-order valence-electron chi connectivity index (χ3n) is 3.76. The molecule has 0 aromatic heterocycles.